The van der Waals surface area contributed by atoms with Gasteiger partial charge in [0, 0.05) is 6.20 Å². The third-order valence-electron chi connectivity index (χ3n) is 4.44. The summed E-state index contributed by atoms with van der Waals surface area (Å²) in [6.45, 7) is 8.43. The molecule has 2 heterocycles. The summed E-state index contributed by atoms with van der Waals surface area (Å²) in [5.74, 6) is 0.581. The predicted molar refractivity (Wildman–Crippen MR) is 108 cm³/mol. The quantitative estimate of drug-likeness (QED) is 0.689. The molecule has 2 N–H and O–H groups in total. The summed E-state index contributed by atoms with van der Waals surface area (Å²) in [6.07, 6.45) is 3.91. The van der Waals surface area contributed by atoms with Crippen LogP contribution in [0.15, 0.2) is 41.6 Å². The summed E-state index contributed by atoms with van der Waals surface area (Å²) in [5.41, 5.74) is 8.67. The highest BCUT2D eigenvalue weighted by Gasteiger charge is 2.26. The molecule has 0 atom stereocenters. The Morgan fingerprint density at radius 2 is 1.89 bits per heavy atom. The van der Waals surface area contributed by atoms with Crippen LogP contribution in [0.4, 0.5) is 5.69 Å². The first-order valence-corrected chi connectivity index (χ1v) is 10.5. The molecule has 0 fully saturated rings. The number of pyridine rings is 1. The van der Waals surface area contributed by atoms with E-state index in [-0.39, 0.29) is 10.8 Å². The lowest BCUT2D eigenvalue weighted by molar-refractivity contribution is 0.322. The maximum atomic E-state index is 13.3. The van der Waals surface area contributed by atoms with Crippen LogP contribution in [0, 0.1) is 6.92 Å². The second-order valence-electron chi connectivity index (χ2n) is 6.94. The number of rotatable bonds is 6. The number of aromatic nitrogens is 2. The van der Waals surface area contributed by atoms with Gasteiger partial charge in [0.05, 0.1) is 28.8 Å². The minimum absolute atomic E-state index is 0.0783. The average Bonchev–Trinajstić information content (AvgIpc) is 3.02. The number of anilines is 1. The molecule has 3 rings (SSSR count). The monoisotopic (exact) mass is 387 g/mol. The normalized spacial score (nSPS) is 12.0. The van der Waals surface area contributed by atoms with Gasteiger partial charge in [0.2, 0.25) is 0 Å². The van der Waals surface area contributed by atoms with E-state index in [1.807, 2.05) is 27.7 Å². The zero-order valence-electron chi connectivity index (χ0n) is 16.1. The Morgan fingerprint density at radius 3 is 2.48 bits per heavy atom. The lowest BCUT2D eigenvalue weighted by Crippen LogP contribution is -2.12. The summed E-state index contributed by atoms with van der Waals surface area (Å²) >= 11 is 0. The molecule has 2 aromatic heterocycles. The van der Waals surface area contributed by atoms with Gasteiger partial charge >= 0.3 is 0 Å². The number of ether oxygens (including phenoxy) is 1. The van der Waals surface area contributed by atoms with E-state index < -0.39 is 10.0 Å². The van der Waals surface area contributed by atoms with Gasteiger partial charge in [-0.25, -0.2) is 17.4 Å². The van der Waals surface area contributed by atoms with E-state index >= 15 is 0 Å². The van der Waals surface area contributed by atoms with E-state index in [1.54, 1.807) is 30.5 Å². The van der Waals surface area contributed by atoms with E-state index in [2.05, 4.69) is 4.98 Å². The molecule has 0 unspecified atom stereocenters. The van der Waals surface area contributed by atoms with Crippen molar-refractivity contribution >= 4 is 26.7 Å². The first-order valence-electron chi connectivity index (χ1n) is 9.01. The molecule has 0 bridgehead atoms. The van der Waals surface area contributed by atoms with Crippen LogP contribution in [0.25, 0.3) is 11.0 Å². The number of aryl methyl sites for hydroxylation is 1. The van der Waals surface area contributed by atoms with Crippen LogP contribution in [0.3, 0.4) is 0 Å². The first kappa shape index (κ1) is 19.2. The van der Waals surface area contributed by atoms with Crippen LogP contribution in [0.5, 0.6) is 5.75 Å². The van der Waals surface area contributed by atoms with Crippen molar-refractivity contribution in [2.75, 3.05) is 12.3 Å². The molecule has 0 saturated carbocycles. The fourth-order valence-corrected chi connectivity index (χ4v) is 4.31. The Bertz CT molecular complexity index is 1070. The third-order valence-corrected chi connectivity index (χ3v) is 6.11. The van der Waals surface area contributed by atoms with Gasteiger partial charge in [-0.15, -0.1) is 0 Å². The fraction of sp³-hybridized carbons (Fsp3) is 0.350. The highest BCUT2D eigenvalue weighted by Crippen LogP contribution is 2.38. The zero-order valence-corrected chi connectivity index (χ0v) is 16.9. The summed E-state index contributed by atoms with van der Waals surface area (Å²) in [5, 5.41) is 0.661. The number of nitrogens with zero attached hydrogens (tertiary/aromatic N) is 2. The molecule has 7 heteroatoms. The molecular formula is C20H25N3O3S. The van der Waals surface area contributed by atoms with Crippen molar-refractivity contribution in [1.82, 2.24) is 8.96 Å². The molecule has 0 spiro atoms. The summed E-state index contributed by atoms with van der Waals surface area (Å²) < 4.78 is 33.6. The van der Waals surface area contributed by atoms with Crippen molar-refractivity contribution in [3.63, 3.8) is 0 Å². The molecule has 144 valence electrons. The van der Waals surface area contributed by atoms with Gasteiger partial charge in [-0.1, -0.05) is 38.5 Å². The Morgan fingerprint density at radius 1 is 1.22 bits per heavy atom. The Labute approximate surface area is 160 Å². The van der Waals surface area contributed by atoms with Crippen LogP contribution in [0.1, 0.15) is 44.2 Å². The van der Waals surface area contributed by atoms with Gasteiger partial charge in [-0.2, -0.15) is 0 Å². The van der Waals surface area contributed by atoms with Crippen LogP contribution in [0.2, 0.25) is 0 Å². The molecule has 0 amide bonds. The third kappa shape index (κ3) is 3.39. The molecular weight excluding hydrogens is 362 g/mol. The fourth-order valence-electron chi connectivity index (χ4n) is 2.98. The van der Waals surface area contributed by atoms with E-state index in [0.717, 1.165) is 17.5 Å². The molecule has 0 saturated heterocycles. The predicted octanol–water partition coefficient (Wildman–Crippen LogP) is 4.08. The number of fused-ring (bicyclic) bond motifs is 1. The molecule has 0 aliphatic heterocycles. The Kier molecular flexibility index (Phi) is 5.15. The number of hydrogen-bond acceptors (Lipinski definition) is 5. The lowest BCUT2D eigenvalue weighted by Gasteiger charge is -2.12. The molecule has 0 aliphatic carbocycles. The zero-order chi connectivity index (χ0) is 19.8. The van der Waals surface area contributed by atoms with Gasteiger partial charge < -0.3 is 10.5 Å². The second-order valence-corrected chi connectivity index (χ2v) is 8.76. The van der Waals surface area contributed by atoms with Crippen LogP contribution >= 0.6 is 0 Å². The Balaban J connectivity index is 2.30. The highest BCUT2D eigenvalue weighted by molar-refractivity contribution is 7.90. The highest BCUT2D eigenvalue weighted by atomic mass is 32.2. The van der Waals surface area contributed by atoms with Gasteiger partial charge in [0.25, 0.3) is 10.0 Å². The van der Waals surface area contributed by atoms with Gasteiger partial charge in [-0.05, 0) is 37.0 Å². The topological polar surface area (TPSA) is 87.2 Å². The van der Waals surface area contributed by atoms with Crippen LogP contribution < -0.4 is 10.5 Å². The van der Waals surface area contributed by atoms with Crippen molar-refractivity contribution < 1.29 is 13.2 Å². The molecule has 0 radical (unpaired) electrons. The standard InChI is InChI=1S/C20H25N3O3S/c1-5-10-26-19-17(21)11-22-20-18(19)16(13(2)3)12-23(20)27(24,25)15-8-6-14(4)7-9-15/h6-9,11-13H,5,10,21H2,1-4H3. The lowest BCUT2D eigenvalue weighted by atomic mass is 10.0. The number of benzene rings is 1. The molecule has 6 nitrogen and oxygen atoms in total. The molecule has 27 heavy (non-hydrogen) atoms. The van der Waals surface area contributed by atoms with Crippen molar-refractivity contribution in [1.29, 1.82) is 0 Å². The number of nitrogens with two attached hydrogens (primary N) is 1. The van der Waals surface area contributed by atoms with Crippen molar-refractivity contribution in [2.45, 2.75) is 44.9 Å². The maximum absolute atomic E-state index is 13.3. The molecule has 0 aliphatic rings. The van der Waals surface area contributed by atoms with Crippen molar-refractivity contribution in [2.24, 2.45) is 0 Å². The van der Waals surface area contributed by atoms with E-state index in [9.17, 15) is 8.42 Å². The van der Waals surface area contributed by atoms with Crippen LogP contribution in [-0.2, 0) is 10.0 Å². The maximum Gasteiger partial charge on any atom is 0.269 e. The summed E-state index contributed by atoms with van der Waals surface area (Å²) in [6, 6.07) is 6.78. The summed E-state index contributed by atoms with van der Waals surface area (Å²) in [7, 11) is -3.79. The Hall–Kier alpha value is -2.54. The van der Waals surface area contributed by atoms with Gasteiger partial charge in [-0.3, -0.25) is 0 Å². The minimum atomic E-state index is -3.79. The van der Waals surface area contributed by atoms with Crippen molar-refractivity contribution in [3.8, 4) is 5.75 Å². The van der Waals surface area contributed by atoms with E-state index in [0.29, 0.717) is 29.1 Å². The van der Waals surface area contributed by atoms with E-state index in [4.69, 9.17) is 10.5 Å². The van der Waals surface area contributed by atoms with Crippen molar-refractivity contribution in [3.05, 3.63) is 47.8 Å². The van der Waals surface area contributed by atoms with Crippen LogP contribution in [-0.4, -0.2) is 24.0 Å². The van der Waals surface area contributed by atoms with Gasteiger partial charge in [0.15, 0.2) is 11.4 Å². The van der Waals surface area contributed by atoms with E-state index in [1.165, 1.54) is 10.2 Å². The smallest absolute Gasteiger partial charge is 0.269 e. The minimum Gasteiger partial charge on any atom is -0.491 e. The molecule has 1 aromatic carbocycles. The first-order chi connectivity index (χ1) is 12.8. The summed E-state index contributed by atoms with van der Waals surface area (Å²) in [4.78, 5) is 4.56. The number of nitrogen functional groups attached to an aromatic ring is 1. The SMILES string of the molecule is CCCOc1c(N)cnc2c1c(C(C)C)cn2S(=O)(=O)c1ccc(C)cc1. The number of hydrogen-bond donors (Lipinski definition) is 1. The average molecular weight is 388 g/mol. The van der Waals surface area contributed by atoms with Gasteiger partial charge in [0.1, 0.15) is 0 Å². The largest absolute Gasteiger partial charge is 0.491 e. The second kappa shape index (κ2) is 7.23. The molecule has 3 aromatic rings.